The maximum absolute atomic E-state index is 6.42. The summed E-state index contributed by atoms with van der Waals surface area (Å²) in [5.74, 6) is 1.60. The minimum absolute atomic E-state index is 0.464. The first-order chi connectivity index (χ1) is 23.5. The van der Waals surface area contributed by atoms with Crippen LogP contribution in [0.15, 0.2) is 23.6 Å². The third-order valence-electron chi connectivity index (χ3n) is 15.6. The fourth-order valence-corrected chi connectivity index (χ4v) is 22.5. The molecule has 0 atom stereocenters. The molecule has 6 rings (SSSR count). The van der Waals surface area contributed by atoms with Gasteiger partial charge in [-0.15, -0.1) is 0 Å². The molecule has 0 bridgehead atoms. The Hall–Kier alpha value is -0.166. The second-order valence-corrected chi connectivity index (χ2v) is 28.0. The van der Waals surface area contributed by atoms with Gasteiger partial charge in [0, 0.05) is 0 Å². The Labute approximate surface area is 300 Å². The minimum Gasteiger partial charge on any atom is -0.376 e. The Morgan fingerprint density at radius 1 is 0.375 bits per heavy atom. The maximum Gasteiger partial charge on any atom is 0.0804 e. The second-order valence-electron chi connectivity index (χ2n) is 18.6. The first-order valence-corrected chi connectivity index (χ1v) is 27.6. The number of allylic oxidation sites excluding steroid dienone is 2. The number of ether oxygens (including phenoxy) is 2. The molecule has 0 aromatic heterocycles. The van der Waals surface area contributed by atoms with Gasteiger partial charge in [-0.25, -0.2) is 0 Å². The molecule has 0 N–H and O–H groups in total. The van der Waals surface area contributed by atoms with Gasteiger partial charge in [-0.1, -0.05) is 165 Å². The van der Waals surface area contributed by atoms with Gasteiger partial charge in [-0.05, 0) is 85.4 Å². The molecular weight excluding hydrogens is 617 g/mol. The van der Waals surface area contributed by atoms with Crippen LogP contribution in [0.1, 0.15) is 180 Å². The molecule has 0 aliphatic heterocycles. The van der Waals surface area contributed by atoms with Gasteiger partial charge in [0.25, 0.3) is 0 Å². The first-order valence-electron chi connectivity index (χ1n) is 22.1. The molecule has 274 valence electrons. The van der Waals surface area contributed by atoms with E-state index in [9.17, 15) is 0 Å². The van der Waals surface area contributed by atoms with Gasteiger partial charge in [0.2, 0.25) is 0 Å². The molecule has 6 aliphatic rings. The smallest absolute Gasteiger partial charge is 0.0804 e. The van der Waals surface area contributed by atoms with Gasteiger partial charge < -0.3 is 9.47 Å². The van der Waals surface area contributed by atoms with Crippen molar-refractivity contribution in [2.75, 3.05) is 13.2 Å². The lowest BCUT2D eigenvalue weighted by molar-refractivity contribution is -0.0441. The van der Waals surface area contributed by atoms with E-state index in [1.54, 1.807) is 0 Å². The van der Waals surface area contributed by atoms with E-state index in [1.165, 1.54) is 180 Å². The van der Waals surface area contributed by atoms with Crippen molar-refractivity contribution in [1.82, 2.24) is 0 Å². The van der Waals surface area contributed by atoms with Crippen LogP contribution in [0.5, 0.6) is 0 Å². The molecule has 0 heterocycles. The maximum atomic E-state index is 6.42. The monoisotopic (exact) mass is 695 g/mol. The van der Waals surface area contributed by atoms with Gasteiger partial charge in [-0.3, -0.25) is 0 Å². The Kier molecular flexibility index (Phi) is 14.9. The molecule has 48 heavy (non-hydrogen) atoms. The van der Waals surface area contributed by atoms with Crippen LogP contribution in [0.25, 0.3) is 0 Å². The molecule has 6 fully saturated rings. The van der Waals surface area contributed by atoms with Crippen molar-refractivity contribution in [3.05, 3.63) is 23.6 Å². The zero-order valence-electron chi connectivity index (χ0n) is 32.0. The summed E-state index contributed by atoms with van der Waals surface area (Å²) in [7, 11) is -2.71. The van der Waals surface area contributed by atoms with Gasteiger partial charge >= 0.3 is 0 Å². The SMILES string of the molecule is C[Si](/C=C/C1CCC(OCCOC2CCC(/C=C/[Si](C)(C3CCCCC3)C3CCCCC3)CC2)CC1)(C1CCCCC1)C1CCCCC1. The average Bonchev–Trinajstić information content (AvgIpc) is 3.17. The second kappa shape index (κ2) is 19.1. The lowest BCUT2D eigenvalue weighted by Crippen LogP contribution is -2.42. The highest BCUT2D eigenvalue weighted by Crippen LogP contribution is 2.50. The Morgan fingerprint density at radius 3 is 0.917 bits per heavy atom. The fraction of sp³-hybridized carbons (Fsp3) is 0.909. The van der Waals surface area contributed by atoms with Crippen LogP contribution in [-0.4, -0.2) is 41.6 Å². The van der Waals surface area contributed by atoms with Gasteiger partial charge in [0.15, 0.2) is 0 Å². The van der Waals surface area contributed by atoms with E-state index in [4.69, 9.17) is 9.47 Å². The quantitative estimate of drug-likeness (QED) is 0.141. The van der Waals surface area contributed by atoms with Crippen molar-refractivity contribution in [2.24, 2.45) is 11.8 Å². The Morgan fingerprint density at radius 2 is 0.646 bits per heavy atom. The molecule has 0 saturated heterocycles. The van der Waals surface area contributed by atoms with Crippen molar-refractivity contribution in [3.8, 4) is 0 Å². The summed E-state index contributed by atoms with van der Waals surface area (Å²) in [6, 6.07) is 0. The third-order valence-corrected chi connectivity index (χ3v) is 26.8. The predicted octanol–water partition coefficient (Wildman–Crippen LogP) is 13.8. The summed E-state index contributed by atoms with van der Waals surface area (Å²) < 4.78 is 12.8. The third kappa shape index (κ3) is 10.2. The van der Waals surface area contributed by atoms with E-state index in [0.29, 0.717) is 12.2 Å². The number of rotatable bonds is 13. The van der Waals surface area contributed by atoms with Gasteiger partial charge in [0.05, 0.1) is 41.6 Å². The van der Waals surface area contributed by atoms with E-state index < -0.39 is 16.1 Å². The van der Waals surface area contributed by atoms with E-state index in [2.05, 4.69) is 36.6 Å². The highest BCUT2D eigenvalue weighted by Gasteiger charge is 2.43. The van der Waals surface area contributed by atoms with Crippen molar-refractivity contribution in [2.45, 2.75) is 227 Å². The summed E-state index contributed by atoms with van der Waals surface area (Å²) in [5.41, 5.74) is 10.1. The Balaban J connectivity index is 0.879. The van der Waals surface area contributed by atoms with Crippen LogP contribution in [-0.2, 0) is 9.47 Å². The molecule has 0 radical (unpaired) electrons. The molecule has 0 amide bonds. The van der Waals surface area contributed by atoms with E-state index >= 15 is 0 Å². The van der Waals surface area contributed by atoms with Crippen molar-refractivity contribution < 1.29 is 9.47 Å². The zero-order chi connectivity index (χ0) is 33.1. The van der Waals surface area contributed by atoms with Crippen LogP contribution >= 0.6 is 0 Å². The predicted molar refractivity (Wildman–Crippen MR) is 212 cm³/mol. The summed E-state index contributed by atoms with van der Waals surface area (Å²) in [5, 5.41) is 0. The van der Waals surface area contributed by atoms with Crippen LogP contribution in [0.3, 0.4) is 0 Å². The summed E-state index contributed by atoms with van der Waals surface area (Å²) in [4.78, 5) is 0. The lowest BCUT2D eigenvalue weighted by atomic mass is 9.87. The molecule has 6 saturated carbocycles. The van der Waals surface area contributed by atoms with Crippen LogP contribution in [0, 0.1) is 11.8 Å². The zero-order valence-corrected chi connectivity index (χ0v) is 34.0. The van der Waals surface area contributed by atoms with Gasteiger partial charge in [-0.2, -0.15) is 0 Å². The highest BCUT2D eigenvalue weighted by atomic mass is 28.3. The molecule has 0 unspecified atom stereocenters. The molecule has 6 aliphatic carbocycles. The van der Waals surface area contributed by atoms with Gasteiger partial charge in [0.1, 0.15) is 0 Å². The summed E-state index contributed by atoms with van der Waals surface area (Å²) >= 11 is 0. The fourth-order valence-electron chi connectivity index (χ4n) is 12.1. The number of hydrogen-bond donors (Lipinski definition) is 0. The van der Waals surface area contributed by atoms with Crippen molar-refractivity contribution >= 4 is 16.1 Å². The minimum atomic E-state index is -1.35. The van der Waals surface area contributed by atoms with E-state index in [-0.39, 0.29) is 0 Å². The standard InChI is InChI=1S/C44H78O2Si2/c1-47(41-15-7-3-8-16-41,42-17-9-4-10-18-42)35-31-37-23-27-39(28-24-37)45-33-34-46-40-29-25-38(26-30-40)32-36-48(2,43-19-11-5-12-20-43)44-21-13-6-14-22-44/h31-32,35-44H,3-30,33-34H2,1-2H3/b35-31+,36-32+. The first kappa shape index (κ1) is 37.6. The molecule has 0 spiro atoms. The topological polar surface area (TPSA) is 18.5 Å². The van der Waals surface area contributed by atoms with Crippen LogP contribution in [0.2, 0.25) is 35.3 Å². The average molecular weight is 695 g/mol. The Bertz CT molecular complexity index is 838. The largest absolute Gasteiger partial charge is 0.376 e. The molecular formula is C44H78O2Si2. The van der Waals surface area contributed by atoms with Crippen LogP contribution < -0.4 is 0 Å². The summed E-state index contributed by atoms with van der Waals surface area (Å²) in [6.45, 7) is 7.21. The molecule has 0 aromatic carbocycles. The lowest BCUT2D eigenvalue weighted by Gasteiger charge is -2.44. The van der Waals surface area contributed by atoms with Crippen LogP contribution in [0.4, 0.5) is 0 Å². The highest BCUT2D eigenvalue weighted by molar-refractivity contribution is 6.86. The van der Waals surface area contributed by atoms with Crippen molar-refractivity contribution in [1.29, 1.82) is 0 Å². The molecule has 2 nitrogen and oxygen atoms in total. The normalized spacial score (nSPS) is 32.0. The molecule has 0 aromatic rings. The van der Waals surface area contributed by atoms with E-state index in [0.717, 1.165) is 47.2 Å². The number of hydrogen-bond acceptors (Lipinski definition) is 2. The summed E-state index contributed by atoms with van der Waals surface area (Å²) in [6.07, 6.45) is 47.0. The molecule has 4 heteroatoms. The van der Waals surface area contributed by atoms with Crippen molar-refractivity contribution in [3.63, 3.8) is 0 Å². The van der Waals surface area contributed by atoms with E-state index in [1.807, 2.05) is 0 Å².